The third kappa shape index (κ3) is 4.22. The van der Waals surface area contributed by atoms with Crippen molar-refractivity contribution in [2.75, 3.05) is 13.1 Å². The van der Waals surface area contributed by atoms with Gasteiger partial charge in [-0.05, 0) is 26.7 Å². The number of hydrogen-bond donors (Lipinski definition) is 1. The van der Waals surface area contributed by atoms with Crippen LogP contribution in [-0.2, 0) is 9.59 Å². The number of aliphatic imine (C=N–C) groups is 1. The maximum absolute atomic E-state index is 12.3. The highest BCUT2D eigenvalue weighted by molar-refractivity contribution is 8.15. The first-order valence-electron chi connectivity index (χ1n) is 7.97. The number of hydrogen-bond acceptors (Lipinski definition) is 4. The molecule has 118 valence electrons. The average molecular weight is 311 g/mol. The summed E-state index contributed by atoms with van der Waals surface area (Å²) in [5.74, 6) is 0.0232. The second kappa shape index (κ2) is 7.82. The number of thioether (sulfide) groups is 1. The van der Waals surface area contributed by atoms with Gasteiger partial charge in [-0.25, -0.2) is 0 Å². The number of amides is 2. The van der Waals surface area contributed by atoms with Crippen molar-refractivity contribution in [3.63, 3.8) is 0 Å². The summed E-state index contributed by atoms with van der Waals surface area (Å²) >= 11 is 1.43. The molecule has 1 N–H and O–H groups in total. The Kier molecular flexibility index (Phi) is 6.08. The summed E-state index contributed by atoms with van der Waals surface area (Å²) in [5.41, 5.74) is 0. The molecule has 1 heterocycles. The minimum Gasteiger partial charge on any atom is -0.353 e. The van der Waals surface area contributed by atoms with Gasteiger partial charge >= 0.3 is 0 Å². The van der Waals surface area contributed by atoms with Crippen molar-refractivity contribution in [3.05, 3.63) is 0 Å². The fourth-order valence-electron chi connectivity index (χ4n) is 2.89. The molecule has 1 aliphatic carbocycles. The summed E-state index contributed by atoms with van der Waals surface area (Å²) in [7, 11) is 0. The van der Waals surface area contributed by atoms with E-state index in [2.05, 4.69) is 10.3 Å². The Hall–Kier alpha value is -1.04. The highest BCUT2D eigenvalue weighted by Crippen LogP contribution is 2.29. The second-order valence-electron chi connectivity index (χ2n) is 5.55. The molecular weight excluding hydrogens is 286 g/mol. The minimum atomic E-state index is -0.307. The molecule has 0 spiro atoms. The molecule has 0 aromatic carbocycles. The molecule has 2 rings (SSSR count). The number of nitrogens with one attached hydrogen (secondary N) is 1. The molecule has 1 aliphatic heterocycles. The lowest BCUT2D eigenvalue weighted by molar-refractivity contribution is -0.129. The molecule has 0 bridgehead atoms. The highest BCUT2D eigenvalue weighted by Gasteiger charge is 2.38. The van der Waals surface area contributed by atoms with Crippen molar-refractivity contribution >= 4 is 28.7 Å². The standard InChI is InChI=1S/C15H25N3O2S/c1-3-16-15-18(4-2)14(20)12(21-15)10-13(19)17-11-8-6-5-7-9-11/h11-12H,3-10H2,1-2H3,(H,17,19)/t12-/m0/s1. The van der Waals surface area contributed by atoms with Gasteiger partial charge in [-0.2, -0.15) is 0 Å². The quantitative estimate of drug-likeness (QED) is 0.846. The molecule has 0 aromatic heterocycles. The van der Waals surface area contributed by atoms with Crippen LogP contribution in [0.15, 0.2) is 4.99 Å². The van der Waals surface area contributed by atoms with Gasteiger partial charge in [-0.15, -0.1) is 0 Å². The van der Waals surface area contributed by atoms with Crippen LogP contribution in [-0.4, -0.2) is 46.3 Å². The monoisotopic (exact) mass is 311 g/mol. The van der Waals surface area contributed by atoms with Gasteiger partial charge in [0.2, 0.25) is 11.8 Å². The molecule has 21 heavy (non-hydrogen) atoms. The number of amidine groups is 1. The predicted octanol–water partition coefficient (Wildman–Crippen LogP) is 2.17. The van der Waals surface area contributed by atoms with Crippen LogP contribution in [0.25, 0.3) is 0 Å². The molecule has 2 aliphatic rings. The summed E-state index contributed by atoms with van der Waals surface area (Å²) < 4.78 is 0. The van der Waals surface area contributed by atoms with Crippen LogP contribution in [0, 0.1) is 0 Å². The van der Waals surface area contributed by atoms with Crippen molar-refractivity contribution < 1.29 is 9.59 Å². The third-order valence-corrected chi connectivity index (χ3v) is 5.18. The van der Waals surface area contributed by atoms with Gasteiger partial charge in [0.15, 0.2) is 5.17 Å². The van der Waals surface area contributed by atoms with Gasteiger partial charge in [0.1, 0.15) is 5.25 Å². The average Bonchev–Trinajstić information content (AvgIpc) is 2.76. The van der Waals surface area contributed by atoms with Crippen LogP contribution in [0.4, 0.5) is 0 Å². The second-order valence-corrected chi connectivity index (χ2v) is 6.72. The van der Waals surface area contributed by atoms with Crippen molar-refractivity contribution in [1.29, 1.82) is 0 Å². The van der Waals surface area contributed by atoms with Crippen LogP contribution >= 0.6 is 11.8 Å². The molecule has 1 atom stereocenters. The lowest BCUT2D eigenvalue weighted by atomic mass is 9.95. The predicted molar refractivity (Wildman–Crippen MR) is 86.4 cm³/mol. The molecular formula is C15H25N3O2S. The highest BCUT2D eigenvalue weighted by atomic mass is 32.2. The summed E-state index contributed by atoms with van der Waals surface area (Å²) in [6.45, 7) is 5.17. The van der Waals surface area contributed by atoms with Gasteiger partial charge in [-0.1, -0.05) is 31.0 Å². The molecule has 2 fully saturated rings. The van der Waals surface area contributed by atoms with E-state index in [0.29, 0.717) is 19.1 Å². The first-order valence-corrected chi connectivity index (χ1v) is 8.85. The van der Waals surface area contributed by atoms with Gasteiger partial charge in [0.25, 0.3) is 0 Å². The van der Waals surface area contributed by atoms with Gasteiger partial charge in [0.05, 0.1) is 0 Å². The smallest absolute Gasteiger partial charge is 0.242 e. The van der Waals surface area contributed by atoms with E-state index < -0.39 is 0 Å². The van der Waals surface area contributed by atoms with E-state index in [1.807, 2.05) is 13.8 Å². The van der Waals surface area contributed by atoms with E-state index in [1.54, 1.807) is 4.90 Å². The zero-order chi connectivity index (χ0) is 15.2. The molecule has 0 radical (unpaired) electrons. The SMILES string of the molecule is CCN=C1S[C@@H](CC(=O)NC2CCCCC2)C(=O)N1CC. The van der Waals surface area contributed by atoms with Crippen LogP contribution in [0.2, 0.25) is 0 Å². The van der Waals surface area contributed by atoms with Gasteiger partial charge in [-0.3, -0.25) is 19.5 Å². The fraction of sp³-hybridized carbons (Fsp3) is 0.800. The van der Waals surface area contributed by atoms with Crippen molar-refractivity contribution in [2.45, 2.75) is 63.7 Å². The minimum absolute atomic E-state index is 0.00144. The first-order chi connectivity index (χ1) is 10.2. The normalized spacial score (nSPS) is 25.6. The Balaban J connectivity index is 1.88. The molecule has 5 nitrogen and oxygen atoms in total. The summed E-state index contributed by atoms with van der Waals surface area (Å²) in [6.07, 6.45) is 6.06. The molecule has 6 heteroatoms. The van der Waals surface area contributed by atoms with Crippen LogP contribution in [0.3, 0.4) is 0 Å². The number of nitrogens with zero attached hydrogens (tertiary/aromatic N) is 2. The Morgan fingerprint density at radius 1 is 1.33 bits per heavy atom. The van der Waals surface area contributed by atoms with Crippen molar-refractivity contribution in [1.82, 2.24) is 10.2 Å². The van der Waals surface area contributed by atoms with E-state index in [1.165, 1.54) is 31.0 Å². The largest absolute Gasteiger partial charge is 0.353 e. The molecule has 2 amide bonds. The molecule has 1 saturated heterocycles. The summed E-state index contributed by atoms with van der Waals surface area (Å²) in [6, 6.07) is 0.304. The van der Waals surface area contributed by atoms with Crippen LogP contribution < -0.4 is 5.32 Å². The zero-order valence-corrected chi connectivity index (χ0v) is 13.7. The molecule has 0 unspecified atom stereocenters. The lowest BCUT2D eigenvalue weighted by Crippen LogP contribution is -2.39. The van der Waals surface area contributed by atoms with Crippen LogP contribution in [0.1, 0.15) is 52.4 Å². The Morgan fingerprint density at radius 2 is 2.05 bits per heavy atom. The lowest BCUT2D eigenvalue weighted by Gasteiger charge is -2.23. The Bertz CT molecular complexity index is 419. The first kappa shape index (κ1) is 16.3. The Labute approximate surface area is 130 Å². The summed E-state index contributed by atoms with van der Waals surface area (Å²) in [4.78, 5) is 30.5. The van der Waals surface area contributed by atoms with E-state index in [9.17, 15) is 9.59 Å². The Morgan fingerprint density at radius 3 is 2.67 bits per heavy atom. The fourth-order valence-corrected chi connectivity index (χ4v) is 4.16. The topological polar surface area (TPSA) is 61.8 Å². The number of carbonyl (C=O) groups excluding carboxylic acids is 2. The third-order valence-electron chi connectivity index (χ3n) is 3.97. The van der Waals surface area contributed by atoms with E-state index in [4.69, 9.17) is 0 Å². The van der Waals surface area contributed by atoms with Gasteiger partial charge < -0.3 is 5.32 Å². The van der Waals surface area contributed by atoms with E-state index >= 15 is 0 Å². The van der Waals surface area contributed by atoms with Gasteiger partial charge in [0, 0.05) is 25.6 Å². The zero-order valence-electron chi connectivity index (χ0n) is 12.9. The molecule has 1 saturated carbocycles. The van der Waals surface area contributed by atoms with E-state index in [-0.39, 0.29) is 23.5 Å². The van der Waals surface area contributed by atoms with Crippen molar-refractivity contribution in [2.24, 2.45) is 4.99 Å². The van der Waals surface area contributed by atoms with Crippen molar-refractivity contribution in [3.8, 4) is 0 Å². The summed E-state index contributed by atoms with van der Waals surface area (Å²) in [5, 5.41) is 3.54. The van der Waals surface area contributed by atoms with E-state index in [0.717, 1.165) is 18.0 Å². The maximum atomic E-state index is 12.3. The number of carbonyl (C=O) groups is 2. The van der Waals surface area contributed by atoms with Crippen LogP contribution in [0.5, 0.6) is 0 Å². The number of rotatable bonds is 5. The maximum Gasteiger partial charge on any atom is 0.242 e. The molecule has 0 aromatic rings.